The standard InChI is InChI=1S/C29H31N7O4/c1-19(37)31-14-15-32-25-22-18-23(33-26(22)35-24(34-25)20-8-4-2-5-9-20)27(38)36-16-12-29(13-17-36,40-28(30)39)21-10-6-3-7-11-21/h2-11,18H,12-17H2,1H3,(H2,30,39)(H,31,37)(H2,32,33,34,35). The SMILES string of the molecule is CC(=O)NCCNc1nc(-c2ccccc2)nc2[nH]c(C(=O)N3CCC(OC(N)=O)(c4ccccc4)CC3)cc12. The van der Waals surface area contributed by atoms with E-state index < -0.39 is 11.7 Å². The van der Waals surface area contributed by atoms with Crippen LogP contribution in [0.1, 0.15) is 35.8 Å². The summed E-state index contributed by atoms with van der Waals surface area (Å²) in [7, 11) is 0. The summed E-state index contributed by atoms with van der Waals surface area (Å²) >= 11 is 0. The average molecular weight is 542 g/mol. The summed E-state index contributed by atoms with van der Waals surface area (Å²) in [6.07, 6.45) is -0.00905. The molecule has 0 atom stereocenters. The molecule has 0 radical (unpaired) electrons. The lowest BCUT2D eigenvalue weighted by molar-refractivity contribution is -0.118. The molecule has 11 nitrogen and oxygen atoms in total. The van der Waals surface area contributed by atoms with Crippen LogP contribution in [0, 0.1) is 0 Å². The Labute approximate surface area is 231 Å². The highest BCUT2D eigenvalue weighted by Gasteiger charge is 2.41. The van der Waals surface area contributed by atoms with E-state index >= 15 is 0 Å². The molecular weight excluding hydrogens is 510 g/mol. The molecule has 4 aromatic rings. The van der Waals surface area contributed by atoms with Gasteiger partial charge in [0.25, 0.3) is 5.91 Å². The first-order chi connectivity index (χ1) is 19.3. The third-order valence-corrected chi connectivity index (χ3v) is 7.00. The molecule has 1 aliphatic rings. The lowest BCUT2D eigenvalue weighted by atomic mass is 9.84. The van der Waals surface area contributed by atoms with Gasteiger partial charge in [0, 0.05) is 51.5 Å². The van der Waals surface area contributed by atoms with E-state index in [1.54, 1.807) is 11.0 Å². The van der Waals surface area contributed by atoms with Gasteiger partial charge in [-0.05, 0) is 11.6 Å². The second-order valence-corrected chi connectivity index (χ2v) is 9.69. The van der Waals surface area contributed by atoms with E-state index in [1.165, 1.54) is 6.92 Å². The summed E-state index contributed by atoms with van der Waals surface area (Å²) < 4.78 is 5.62. The molecule has 5 rings (SSSR count). The van der Waals surface area contributed by atoms with Gasteiger partial charge in [-0.3, -0.25) is 9.59 Å². The van der Waals surface area contributed by atoms with E-state index in [0.29, 0.717) is 67.4 Å². The van der Waals surface area contributed by atoms with Crippen LogP contribution in [0.2, 0.25) is 0 Å². The minimum Gasteiger partial charge on any atom is -0.438 e. The number of primary amides is 1. The number of ether oxygens (including phenoxy) is 1. The minimum atomic E-state index is -0.884. The van der Waals surface area contributed by atoms with Gasteiger partial charge in [-0.15, -0.1) is 0 Å². The first kappa shape index (κ1) is 26.7. The van der Waals surface area contributed by atoms with Crippen LogP contribution < -0.4 is 16.4 Å². The highest BCUT2D eigenvalue weighted by Crippen LogP contribution is 2.37. The van der Waals surface area contributed by atoms with E-state index in [9.17, 15) is 14.4 Å². The Kier molecular flexibility index (Phi) is 7.63. The van der Waals surface area contributed by atoms with E-state index in [-0.39, 0.29) is 11.8 Å². The first-order valence-corrected chi connectivity index (χ1v) is 13.1. The summed E-state index contributed by atoms with van der Waals surface area (Å²) in [4.78, 5) is 50.9. The molecule has 2 aromatic heterocycles. The molecule has 3 amide bonds. The Morgan fingerprint density at radius 2 is 1.68 bits per heavy atom. The van der Waals surface area contributed by atoms with Crippen LogP contribution in [0.15, 0.2) is 66.7 Å². The zero-order valence-electron chi connectivity index (χ0n) is 22.1. The van der Waals surface area contributed by atoms with Gasteiger partial charge in [0.05, 0.1) is 5.39 Å². The number of likely N-dealkylation sites (tertiary alicyclic amines) is 1. The van der Waals surface area contributed by atoms with Crippen LogP contribution in [0.25, 0.3) is 22.4 Å². The van der Waals surface area contributed by atoms with Crippen LogP contribution in [-0.4, -0.2) is 63.9 Å². The predicted octanol–water partition coefficient (Wildman–Crippen LogP) is 3.40. The summed E-state index contributed by atoms with van der Waals surface area (Å²) in [5.74, 6) is 0.753. The number of nitrogens with zero attached hydrogens (tertiary/aromatic N) is 3. The number of fused-ring (bicyclic) bond motifs is 1. The second kappa shape index (κ2) is 11.4. The molecule has 0 aliphatic carbocycles. The number of amides is 3. The van der Waals surface area contributed by atoms with Crippen molar-refractivity contribution in [2.75, 3.05) is 31.5 Å². The van der Waals surface area contributed by atoms with Crippen LogP contribution >= 0.6 is 0 Å². The van der Waals surface area contributed by atoms with Crippen molar-refractivity contribution < 1.29 is 19.1 Å². The Hall–Kier alpha value is -4.93. The van der Waals surface area contributed by atoms with Gasteiger partial charge in [-0.25, -0.2) is 14.8 Å². The van der Waals surface area contributed by atoms with Gasteiger partial charge in [0.15, 0.2) is 5.82 Å². The molecular formula is C29H31N7O4. The van der Waals surface area contributed by atoms with Gasteiger partial charge in [0.1, 0.15) is 22.8 Å². The van der Waals surface area contributed by atoms with Crippen molar-refractivity contribution in [3.8, 4) is 11.4 Å². The quantitative estimate of drug-likeness (QED) is 0.249. The molecule has 3 heterocycles. The lowest BCUT2D eigenvalue weighted by Gasteiger charge is -2.41. The maximum atomic E-state index is 13.6. The fraction of sp³-hybridized carbons (Fsp3) is 0.276. The van der Waals surface area contributed by atoms with Crippen LogP contribution in [0.5, 0.6) is 0 Å². The van der Waals surface area contributed by atoms with Crippen LogP contribution in [0.3, 0.4) is 0 Å². The number of nitrogens with two attached hydrogens (primary N) is 1. The summed E-state index contributed by atoms with van der Waals surface area (Å²) in [5.41, 5.74) is 7.11. The summed E-state index contributed by atoms with van der Waals surface area (Å²) in [6.45, 7) is 3.08. The molecule has 1 aliphatic heterocycles. The number of nitrogens with one attached hydrogen (secondary N) is 3. The van der Waals surface area contributed by atoms with Gasteiger partial charge >= 0.3 is 6.09 Å². The van der Waals surface area contributed by atoms with Gasteiger partial charge in [-0.1, -0.05) is 60.7 Å². The number of H-pyrrole nitrogens is 1. The number of aromatic nitrogens is 3. The number of rotatable bonds is 8. The molecule has 0 unspecified atom stereocenters. The molecule has 2 aromatic carbocycles. The monoisotopic (exact) mass is 541 g/mol. The zero-order valence-corrected chi connectivity index (χ0v) is 22.1. The van der Waals surface area contributed by atoms with Crippen molar-refractivity contribution >= 4 is 34.8 Å². The van der Waals surface area contributed by atoms with E-state index in [4.69, 9.17) is 15.5 Å². The number of piperidine rings is 1. The first-order valence-electron chi connectivity index (χ1n) is 13.1. The molecule has 5 N–H and O–H groups in total. The van der Waals surface area contributed by atoms with E-state index in [2.05, 4.69) is 20.6 Å². The topological polar surface area (TPSA) is 155 Å². The van der Waals surface area contributed by atoms with Crippen molar-refractivity contribution in [3.05, 3.63) is 78.0 Å². The molecule has 1 saturated heterocycles. The van der Waals surface area contributed by atoms with E-state index in [1.807, 2.05) is 60.7 Å². The molecule has 206 valence electrons. The molecule has 0 bridgehead atoms. The van der Waals surface area contributed by atoms with Crippen molar-refractivity contribution in [1.82, 2.24) is 25.2 Å². The number of aromatic amines is 1. The van der Waals surface area contributed by atoms with Crippen molar-refractivity contribution in [2.45, 2.75) is 25.4 Å². The normalized spacial score (nSPS) is 14.5. The second-order valence-electron chi connectivity index (χ2n) is 9.69. The molecule has 40 heavy (non-hydrogen) atoms. The third kappa shape index (κ3) is 5.73. The fourth-order valence-corrected chi connectivity index (χ4v) is 5.02. The summed E-state index contributed by atoms with van der Waals surface area (Å²) in [6, 6.07) is 20.8. The van der Waals surface area contributed by atoms with Crippen molar-refractivity contribution in [1.29, 1.82) is 0 Å². The predicted molar refractivity (Wildman–Crippen MR) is 150 cm³/mol. The van der Waals surface area contributed by atoms with Gasteiger partial charge < -0.3 is 31.0 Å². The van der Waals surface area contributed by atoms with Gasteiger partial charge in [-0.2, -0.15) is 0 Å². The minimum absolute atomic E-state index is 0.117. The summed E-state index contributed by atoms with van der Waals surface area (Å²) in [5, 5.41) is 6.68. The Balaban J connectivity index is 1.40. The average Bonchev–Trinajstić information content (AvgIpc) is 3.40. The van der Waals surface area contributed by atoms with Crippen LogP contribution in [-0.2, 0) is 15.1 Å². The van der Waals surface area contributed by atoms with Crippen molar-refractivity contribution in [2.24, 2.45) is 5.73 Å². The number of carbonyl (C=O) groups excluding carboxylic acids is 3. The van der Waals surface area contributed by atoms with Gasteiger partial charge in [0.2, 0.25) is 5.91 Å². The van der Waals surface area contributed by atoms with Crippen LogP contribution in [0.4, 0.5) is 10.6 Å². The molecule has 0 spiro atoms. The maximum absolute atomic E-state index is 13.6. The number of hydrogen-bond donors (Lipinski definition) is 4. The largest absolute Gasteiger partial charge is 0.438 e. The zero-order chi connectivity index (χ0) is 28.1. The lowest BCUT2D eigenvalue weighted by Crippen LogP contribution is -2.48. The molecule has 1 fully saturated rings. The maximum Gasteiger partial charge on any atom is 0.405 e. The van der Waals surface area contributed by atoms with E-state index in [0.717, 1.165) is 11.1 Å². The Bertz CT molecular complexity index is 1510. The number of carbonyl (C=O) groups is 3. The number of anilines is 1. The molecule has 0 saturated carbocycles. The smallest absolute Gasteiger partial charge is 0.405 e. The highest BCUT2D eigenvalue weighted by atomic mass is 16.6. The third-order valence-electron chi connectivity index (χ3n) is 7.00. The Morgan fingerprint density at radius 1 is 1.00 bits per heavy atom. The van der Waals surface area contributed by atoms with Crippen molar-refractivity contribution in [3.63, 3.8) is 0 Å². The number of hydrogen-bond acceptors (Lipinski definition) is 7. The highest BCUT2D eigenvalue weighted by molar-refractivity contribution is 6.00. The Morgan fingerprint density at radius 3 is 2.33 bits per heavy atom. The molecule has 11 heteroatoms. The number of benzene rings is 2. The fourth-order valence-electron chi connectivity index (χ4n) is 5.02.